The van der Waals surface area contributed by atoms with E-state index in [9.17, 15) is 24.3 Å². The molecule has 0 spiro atoms. The molecule has 1 aromatic heterocycles. The molecule has 9 nitrogen and oxygen atoms in total. The number of amides is 1. The Morgan fingerprint density at radius 3 is 2.32 bits per heavy atom. The summed E-state index contributed by atoms with van der Waals surface area (Å²) in [5, 5.41) is 16.3. The molecule has 1 atom stereocenters. The maximum atomic E-state index is 13.7. The second-order valence-electron chi connectivity index (χ2n) is 11.5. The molecule has 0 saturated carbocycles. The summed E-state index contributed by atoms with van der Waals surface area (Å²) in [5.74, 6) is -0.237. The molecule has 0 saturated heterocycles. The number of carbonyl (C=O) groups is 2. The maximum absolute atomic E-state index is 13.7. The van der Waals surface area contributed by atoms with Gasteiger partial charge in [-0.1, -0.05) is 38.4 Å². The fourth-order valence-corrected chi connectivity index (χ4v) is 5.33. The average molecular weight is 576 g/mol. The van der Waals surface area contributed by atoms with Gasteiger partial charge in [0.05, 0.1) is 35.1 Å². The lowest BCUT2D eigenvalue weighted by atomic mass is 9.84. The van der Waals surface area contributed by atoms with Crippen molar-refractivity contribution in [3.8, 4) is 0 Å². The largest absolute Gasteiger partial charge is 0.478 e. The number of aromatic carboxylic acids is 1. The van der Waals surface area contributed by atoms with Gasteiger partial charge in [-0.2, -0.15) is 0 Å². The van der Waals surface area contributed by atoms with Crippen LogP contribution in [0.2, 0.25) is 5.02 Å². The number of fused-ring (bicyclic) bond motifs is 1. The van der Waals surface area contributed by atoms with Crippen LogP contribution in [-0.4, -0.2) is 17.0 Å². The SMILES string of the molecule is Cc1ccc(C(=O)O)c(N2Cc3c(Cl)ccc(Nc4c(N[C@H](c5cc(C)c(C)o5)C(C)(C)C)c(=O)c4=O)c3C2=O)c1. The summed E-state index contributed by atoms with van der Waals surface area (Å²) in [6, 6.07) is 9.40. The maximum Gasteiger partial charge on any atom is 0.337 e. The number of carbonyl (C=O) groups excluding carboxylic acids is 1. The highest BCUT2D eigenvalue weighted by Gasteiger charge is 2.37. The van der Waals surface area contributed by atoms with E-state index in [1.165, 1.54) is 11.0 Å². The summed E-state index contributed by atoms with van der Waals surface area (Å²) in [6.07, 6.45) is 0. The van der Waals surface area contributed by atoms with Crippen LogP contribution in [0.1, 0.15) is 75.7 Å². The van der Waals surface area contributed by atoms with E-state index in [2.05, 4.69) is 10.6 Å². The van der Waals surface area contributed by atoms with Crippen molar-refractivity contribution in [3.05, 3.63) is 101 Å². The van der Waals surface area contributed by atoms with Gasteiger partial charge in [-0.05, 0) is 67.6 Å². The standard InChI is InChI=1S/C31H30ClN3O6/c1-14-7-8-17(30(39)40)21(11-14)35-13-18-19(32)9-10-20(23(18)29(35)38)33-24-25(27(37)26(24)36)34-28(31(4,5)6)22-12-15(2)16(3)41-22/h7-12,28,33-34H,13H2,1-6H3,(H,39,40)/t28-/m1/s1. The number of nitrogens with zero attached hydrogens (tertiary/aromatic N) is 1. The van der Waals surface area contributed by atoms with Gasteiger partial charge in [0.15, 0.2) is 0 Å². The van der Waals surface area contributed by atoms with Crippen molar-refractivity contribution in [2.45, 2.75) is 54.1 Å². The lowest BCUT2D eigenvalue weighted by Gasteiger charge is -2.31. The summed E-state index contributed by atoms with van der Waals surface area (Å²) in [6.45, 7) is 11.6. The van der Waals surface area contributed by atoms with Gasteiger partial charge in [0.25, 0.3) is 16.8 Å². The second kappa shape index (κ2) is 9.92. The smallest absolute Gasteiger partial charge is 0.337 e. The fraction of sp³-hybridized carbons (Fsp3) is 0.290. The first-order chi connectivity index (χ1) is 19.2. The number of aryl methyl sites for hydroxylation is 3. The molecule has 0 radical (unpaired) electrons. The molecule has 212 valence electrons. The van der Waals surface area contributed by atoms with Gasteiger partial charge in [-0.25, -0.2) is 4.79 Å². The Labute approximate surface area is 241 Å². The Morgan fingerprint density at radius 2 is 1.71 bits per heavy atom. The number of carboxylic acid groups (broad SMARTS) is 1. The van der Waals surface area contributed by atoms with Crippen molar-refractivity contribution in [3.63, 3.8) is 0 Å². The normalized spacial score (nSPS) is 13.9. The number of nitrogens with one attached hydrogen (secondary N) is 2. The van der Waals surface area contributed by atoms with Gasteiger partial charge in [0, 0.05) is 10.6 Å². The van der Waals surface area contributed by atoms with Crippen molar-refractivity contribution in [2.24, 2.45) is 5.41 Å². The van der Waals surface area contributed by atoms with Crippen LogP contribution in [0.4, 0.5) is 22.7 Å². The first kappa shape index (κ1) is 28.2. The Kier molecular flexibility index (Phi) is 6.82. The molecule has 3 N–H and O–H groups in total. The summed E-state index contributed by atoms with van der Waals surface area (Å²) in [5.41, 5.74) is 1.31. The van der Waals surface area contributed by atoms with E-state index in [1.807, 2.05) is 40.7 Å². The molecule has 3 aromatic carbocycles. The molecule has 5 rings (SSSR count). The number of halogens is 1. The Balaban J connectivity index is 1.52. The van der Waals surface area contributed by atoms with Gasteiger partial charge >= 0.3 is 5.97 Å². The van der Waals surface area contributed by atoms with Crippen LogP contribution in [0.3, 0.4) is 0 Å². The molecular weight excluding hydrogens is 546 g/mol. The van der Waals surface area contributed by atoms with Crippen LogP contribution < -0.4 is 26.4 Å². The van der Waals surface area contributed by atoms with Gasteiger partial charge < -0.3 is 25.1 Å². The Hall–Kier alpha value is -4.37. The summed E-state index contributed by atoms with van der Waals surface area (Å²) < 4.78 is 5.96. The van der Waals surface area contributed by atoms with E-state index in [0.717, 1.165) is 16.9 Å². The minimum absolute atomic E-state index is 0.0204. The summed E-state index contributed by atoms with van der Waals surface area (Å²) in [7, 11) is 0. The zero-order valence-electron chi connectivity index (χ0n) is 23.6. The minimum Gasteiger partial charge on any atom is -0.478 e. The molecule has 1 amide bonds. The topological polar surface area (TPSA) is 129 Å². The molecule has 0 fully saturated rings. The third kappa shape index (κ3) is 4.80. The molecule has 1 aliphatic heterocycles. The highest BCUT2D eigenvalue weighted by molar-refractivity contribution is 6.33. The third-order valence-corrected chi connectivity index (χ3v) is 7.85. The van der Waals surface area contributed by atoms with Gasteiger partial charge in [-0.3, -0.25) is 14.4 Å². The van der Waals surface area contributed by atoms with Gasteiger partial charge in [-0.15, -0.1) is 0 Å². The number of carboxylic acids is 1. The van der Waals surface area contributed by atoms with Gasteiger partial charge in [0.1, 0.15) is 22.9 Å². The average Bonchev–Trinajstić information content (AvgIpc) is 3.42. The first-order valence-electron chi connectivity index (χ1n) is 13.1. The van der Waals surface area contributed by atoms with Gasteiger partial charge in [0.2, 0.25) is 0 Å². The predicted octanol–water partition coefficient (Wildman–Crippen LogP) is 6.26. The van der Waals surface area contributed by atoms with Crippen LogP contribution in [0, 0.1) is 26.2 Å². The number of hydrogen-bond donors (Lipinski definition) is 3. The first-order valence-corrected chi connectivity index (χ1v) is 13.5. The quantitative estimate of drug-likeness (QED) is 0.220. The minimum atomic E-state index is -1.16. The van der Waals surface area contributed by atoms with E-state index in [1.54, 1.807) is 31.2 Å². The van der Waals surface area contributed by atoms with E-state index in [-0.39, 0.29) is 45.8 Å². The molecule has 4 aromatic rings. The molecule has 0 unspecified atom stereocenters. The number of hydrogen-bond acceptors (Lipinski definition) is 7. The number of rotatable bonds is 7. The fourth-order valence-electron chi connectivity index (χ4n) is 5.12. The zero-order chi connectivity index (χ0) is 30.0. The van der Waals surface area contributed by atoms with Crippen LogP contribution in [0.25, 0.3) is 0 Å². The number of anilines is 4. The third-order valence-electron chi connectivity index (χ3n) is 7.50. The Morgan fingerprint density at radius 1 is 1.02 bits per heavy atom. The van der Waals surface area contributed by atoms with Crippen molar-refractivity contribution < 1.29 is 19.1 Å². The molecule has 0 aliphatic carbocycles. The van der Waals surface area contributed by atoms with E-state index >= 15 is 0 Å². The molecule has 41 heavy (non-hydrogen) atoms. The van der Waals surface area contributed by atoms with Crippen LogP contribution in [-0.2, 0) is 6.54 Å². The second-order valence-corrected chi connectivity index (χ2v) is 11.9. The lowest BCUT2D eigenvalue weighted by Crippen LogP contribution is -2.39. The van der Waals surface area contributed by atoms with E-state index in [4.69, 9.17) is 16.0 Å². The monoisotopic (exact) mass is 575 g/mol. The van der Waals surface area contributed by atoms with Crippen molar-refractivity contribution in [1.29, 1.82) is 0 Å². The highest BCUT2D eigenvalue weighted by Crippen LogP contribution is 2.41. The van der Waals surface area contributed by atoms with Crippen molar-refractivity contribution in [2.75, 3.05) is 15.5 Å². The summed E-state index contributed by atoms with van der Waals surface area (Å²) in [4.78, 5) is 52.5. The van der Waals surface area contributed by atoms with E-state index < -0.39 is 28.8 Å². The number of furan rings is 1. The predicted molar refractivity (Wildman–Crippen MR) is 159 cm³/mol. The molecule has 1 aliphatic rings. The van der Waals surface area contributed by atoms with Crippen LogP contribution in [0.15, 0.2) is 50.4 Å². The zero-order valence-corrected chi connectivity index (χ0v) is 24.3. The van der Waals surface area contributed by atoms with Crippen LogP contribution in [0.5, 0.6) is 0 Å². The van der Waals surface area contributed by atoms with Crippen molar-refractivity contribution >= 4 is 46.2 Å². The Bertz CT molecular complexity index is 1790. The van der Waals surface area contributed by atoms with Crippen molar-refractivity contribution in [1.82, 2.24) is 0 Å². The highest BCUT2D eigenvalue weighted by atomic mass is 35.5. The van der Waals surface area contributed by atoms with Crippen LogP contribution >= 0.6 is 11.6 Å². The molecular formula is C31H30ClN3O6. The number of benzene rings is 2. The van der Waals surface area contributed by atoms with E-state index in [0.29, 0.717) is 16.3 Å². The summed E-state index contributed by atoms with van der Waals surface area (Å²) >= 11 is 6.48. The molecule has 0 bridgehead atoms. The molecule has 2 heterocycles. The molecule has 10 heteroatoms. The lowest BCUT2D eigenvalue weighted by molar-refractivity contribution is 0.0697.